The summed E-state index contributed by atoms with van der Waals surface area (Å²) >= 11 is 4.91. The summed E-state index contributed by atoms with van der Waals surface area (Å²) in [6.45, 7) is 6.08. The molecule has 1 rings (SSSR count). The molecular weight excluding hydrogens is 224 g/mol. The topological polar surface area (TPSA) is 64.3 Å². The number of hydrogen-bond acceptors (Lipinski definition) is 3. The van der Waals surface area contributed by atoms with Gasteiger partial charge in [0.05, 0.1) is 17.5 Å². The van der Waals surface area contributed by atoms with Crippen molar-refractivity contribution in [1.82, 2.24) is 5.32 Å². The van der Waals surface area contributed by atoms with Gasteiger partial charge in [0.1, 0.15) is 0 Å². The number of carbonyl (C=O) groups excluding carboxylic acids is 1. The van der Waals surface area contributed by atoms with Gasteiger partial charge in [-0.15, -0.1) is 0 Å². The molecule has 2 atom stereocenters. The van der Waals surface area contributed by atoms with Crippen LogP contribution in [-0.4, -0.2) is 30.7 Å². The molecule has 0 aliphatic carbocycles. The van der Waals surface area contributed by atoms with E-state index < -0.39 is 0 Å². The van der Waals surface area contributed by atoms with Gasteiger partial charge in [-0.05, 0) is 12.3 Å². The van der Waals surface area contributed by atoms with Gasteiger partial charge >= 0.3 is 0 Å². The number of thiocarbonyl (C=S) groups is 1. The van der Waals surface area contributed by atoms with Gasteiger partial charge in [-0.25, -0.2) is 0 Å². The first-order chi connectivity index (χ1) is 7.52. The Labute approximate surface area is 102 Å². The van der Waals surface area contributed by atoms with Crippen LogP contribution in [0.1, 0.15) is 20.3 Å². The van der Waals surface area contributed by atoms with E-state index in [4.69, 9.17) is 22.7 Å². The summed E-state index contributed by atoms with van der Waals surface area (Å²) in [4.78, 5) is 12.1. The molecule has 0 aromatic heterocycles. The Morgan fingerprint density at radius 1 is 1.62 bits per heavy atom. The Balaban J connectivity index is 2.39. The average molecular weight is 244 g/mol. The highest BCUT2D eigenvalue weighted by Gasteiger charge is 2.26. The van der Waals surface area contributed by atoms with Crippen molar-refractivity contribution in [3.05, 3.63) is 0 Å². The smallest absolute Gasteiger partial charge is 0.230 e. The minimum atomic E-state index is -0.364. The lowest BCUT2D eigenvalue weighted by Gasteiger charge is -2.19. The molecule has 1 aliphatic rings. The Bertz CT molecular complexity index is 263. The van der Waals surface area contributed by atoms with Crippen molar-refractivity contribution in [1.29, 1.82) is 0 Å². The molecular formula is C11H20N2O2S. The fourth-order valence-electron chi connectivity index (χ4n) is 1.86. The summed E-state index contributed by atoms with van der Waals surface area (Å²) in [6, 6.07) is 0. The van der Waals surface area contributed by atoms with Crippen LogP contribution >= 0.6 is 12.2 Å². The summed E-state index contributed by atoms with van der Waals surface area (Å²) in [7, 11) is 0. The number of nitrogens with one attached hydrogen (secondary N) is 1. The summed E-state index contributed by atoms with van der Waals surface area (Å²) in [5.74, 6) is 0.146. The van der Waals surface area contributed by atoms with Crippen LogP contribution in [0.25, 0.3) is 0 Å². The molecule has 0 aromatic carbocycles. The summed E-state index contributed by atoms with van der Waals surface area (Å²) in [5, 5.41) is 2.90. The minimum absolute atomic E-state index is 0.0607. The number of carbonyl (C=O) groups is 1. The van der Waals surface area contributed by atoms with Crippen molar-refractivity contribution in [3.8, 4) is 0 Å². The lowest BCUT2D eigenvalue weighted by atomic mass is 9.94. The molecule has 0 bridgehead atoms. The van der Waals surface area contributed by atoms with Crippen LogP contribution in [-0.2, 0) is 9.53 Å². The highest BCUT2D eigenvalue weighted by molar-refractivity contribution is 7.80. The molecule has 16 heavy (non-hydrogen) atoms. The van der Waals surface area contributed by atoms with Gasteiger partial charge in [0.2, 0.25) is 5.91 Å². The second-order valence-electron chi connectivity index (χ2n) is 4.60. The molecule has 1 heterocycles. The van der Waals surface area contributed by atoms with E-state index in [1.807, 2.05) is 13.8 Å². The van der Waals surface area contributed by atoms with Gasteiger partial charge in [0, 0.05) is 19.1 Å². The van der Waals surface area contributed by atoms with Crippen LogP contribution in [0.4, 0.5) is 0 Å². The van der Waals surface area contributed by atoms with E-state index in [9.17, 15) is 4.79 Å². The van der Waals surface area contributed by atoms with E-state index in [1.165, 1.54) is 0 Å². The van der Waals surface area contributed by atoms with Gasteiger partial charge in [-0.2, -0.15) is 0 Å². The highest BCUT2D eigenvalue weighted by atomic mass is 32.1. The fraction of sp³-hybridized carbons (Fsp3) is 0.818. The zero-order valence-electron chi connectivity index (χ0n) is 9.86. The van der Waals surface area contributed by atoms with Crippen molar-refractivity contribution < 1.29 is 9.53 Å². The van der Waals surface area contributed by atoms with E-state index in [0.29, 0.717) is 12.5 Å². The Morgan fingerprint density at radius 2 is 2.31 bits per heavy atom. The van der Waals surface area contributed by atoms with Gasteiger partial charge in [-0.1, -0.05) is 26.1 Å². The zero-order valence-corrected chi connectivity index (χ0v) is 10.7. The summed E-state index contributed by atoms with van der Waals surface area (Å²) < 4.78 is 5.24. The number of nitrogens with two attached hydrogens (primary N) is 1. The third kappa shape index (κ3) is 3.72. The maximum atomic E-state index is 11.9. The van der Waals surface area contributed by atoms with Crippen LogP contribution in [0.3, 0.4) is 0 Å². The largest absolute Gasteiger partial charge is 0.393 e. The highest BCUT2D eigenvalue weighted by Crippen LogP contribution is 2.14. The first-order valence-electron chi connectivity index (χ1n) is 5.67. The van der Waals surface area contributed by atoms with Crippen molar-refractivity contribution >= 4 is 23.1 Å². The van der Waals surface area contributed by atoms with Gasteiger partial charge < -0.3 is 15.8 Å². The number of amides is 1. The molecule has 1 saturated heterocycles. The second kappa shape index (κ2) is 6.15. The Hall–Kier alpha value is -0.680. The van der Waals surface area contributed by atoms with E-state index in [1.54, 1.807) is 0 Å². The van der Waals surface area contributed by atoms with Crippen molar-refractivity contribution in [3.63, 3.8) is 0 Å². The molecule has 0 spiro atoms. The fourth-order valence-corrected chi connectivity index (χ4v) is 2.24. The first kappa shape index (κ1) is 13.4. The van der Waals surface area contributed by atoms with E-state index >= 15 is 0 Å². The van der Waals surface area contributed by atoms with Crippen molar-refractivity contribution in [2.45, 2.75) is 20.3 Å². The standard InChI is InChI=1S/C11H20N2O2S/c1-7(2)9(10(12)16)11(14)13-5-8-3-4-15-6-8/h7-9H,3-6H2,1-2H3,(H2,12,16)(H,13,14). The van der Waals surface area contributed by atoms with Crippen LogP contribution in [0, 0.1) is 17.8 Å². The molecule has 0 radical (unpaired) electrons. The maximum Gasteiger partial charge on any atom is 0.230 e. The second-order valence-corrected chi connectivity index (χ2v) is 5.07. The number of rotatable bonds is 5. The molecule has 3 N–H and O–H groups in total. The SMILES string of the molecule is CC(C)C(C(=O)NCC1CCOC1)C(N)=S. The summed E-state index contributed by atoms with van der Waals surface area (Å²) in [5.41, 5.74) is 5.57. The summed E-state index contributed by atoms with van der Waals surface area (Å²) in [6.07, 6.45) is 1.01. The Morgan fingerprint density at radius 3 is 2.75 bits per heavy atom. The molecule has 0 aromatic rings. The predicted molar refractivity (Wildman–Crippen MR) is 67.0 cm³/mol. The lowest BCUT2D eigenvalue weighted by Crippen LogP contribution is -2.42. The van der Waals surface area contributed by atoms with E-state index in [2.05, 4.69) is 5.32 Å². The molecule has 5 heteroatoms. The van der Waals surface area contributed by atoms with Gasteiger partial charge in [-0.3, -0.25) is 4.79 Å². The minimum Gasteiger partial charge on any atom is -0.393 e. The van der Waals surface area contributed by atoms with Crippen LogP contribution in [0.2, 0.25) is 0 Å². The number of hydrogen-bond donors (Lipinski definition) is 2. The average Bonchev–Trinajstić information content (AvgIpc) is 2.65. The van der Waals surface area contributed by atoms with E-state index in [0.717, 1.165) is 19.6 Å². The monoisotopic (exact) mass is 244 g/mol. The molecule has 1 amide bonds. The molecule has 0 saturated carbocycles. The molecule has 4 nitrogen and oxygen atoms in total. The van der Waals surface area contributed by atoms with Gasteiger partial charge in [0.25, 0.3) is 0 Å². The molecule has 2 unspecified atom stereocenters. The van der Waals surface area contributed by atoms with Crippen LogP contribution in [0.5, 0.6) is 0 Å². The predicted octanol–water partition coefficient (Wildman–Crippen LogP) is 0.697. The van der Waals surface area contributed by atoms with Crippen LogP contribution in [0.15, 0.2) is 0 Å². The first-order valence-corrected chi connectivity index (χ1v) is 6.08. The third-order valence-corrected chi connectivity index (χ3v) is 3.10. The van der Waals surface area contributed by atoms with Gasteiger partial charge in [0.15, 0.2) is 0 Å². The normalized spacial score (nSPS) is 22.1. The van der Waals surface area contributed by atoms with E-state index in [-0.39, 0.29) is 22.7 Å². The molecule has 92 valence electrons. The molecule has 1 aliphatic heterocycles. The van der Waals surface area contributed by atoms with Crippen molar-refractivity contribution in [2.75, 3.05) is 19.8 Å². The Kier molecular flexibility index (Phi) is 5.15. The van der Waals surface area contributed by atoms with Crippen LogP contribution < -0.4 is 11.1 Å². The molecule has 1 fully saturated rings. The maximum absolute atomic E-state index is 11.9. The zero-order chi connectivity index (χ0) is 12.1. The lowest BCUT2D eigenvalue weighted by molar-refractivity contribution is -0.124. The third-order valence-electron chi connectivity index (χ3n) is 2.84. The number of ether oxygens (including phenoxy) is 1. The van der Waals surface area contributed by atoms with Crippen molar-refractivity contribution in [2.24, 2.45) is 23.5 Å². The quantitative estimate of drug-likeness (QED) is 0.699.